The predicted octanol–water partition coefficient (Wildman–Crippen LogP) is 2.62. The van der Waals surface area contributed by atoms with Crippen LogP contribution in [0.15, 0.2) is 30.3 Å². The SMILES string of the molecule is CO[C@H](C(=O)N1CCCC[C@H]1CCC(=O)O)c1ccccc1. The number of aliphatic carboxylic acids is 1. The third-order valence-electron chi connectivity index (χ3n) is 4.16. The van der Waals surface area contributed by atoms with Crippen LogP contribution in [0.25, 0.3) is 0 Å². The van der Waals surface area contributed by atoms with E-state index in [1.54, 1.807) is 0 Å². The molecule has 2 atom stereocenters. The summed E-state index contributed by atoms with van der Waals surface area (Å²) in [6, 6.07) is 9.42. The van der Waals surface area contributed by atoms with E-state index in [-0.39, 0.29) is 18.4 Å². The van der Waals surface area contributed by atoms with Gasteiger partial charge in [-0.25, -0.2) is 0 Å². The molecule has 1 amide bonds. The number of carboxylic acid groups (broad SMARTS) is 1. The maximum atomic E-state index is 12.8. The Hall–Kier alpha value is -1.88. The van der Waals surface area contributed by atoms with Gasteiger partial charge in [-0.2, -0.15) is 0 Å². The highest BCUT2D eigenvalue weighted by Gasteiger charge is 2.32. The molecule has 0 unspecified atom stereocenters. The number of piperidine rings is 1. The number of hydrogen-bond donors (Lipinski definition) is 1. The molecule has 1 aliphatic heterocycles. The summed E-state index contributed by atoms with van der Waals surface area (Å²) in [5, 5.41) is 8.87. The second-order valence-electron chi connectivity index (χ2n) is 5.64. The highest BCUT2D eigenvalue weighted by Crippen LogP contribution is 2.26. The summed E-state index contributed by atoms with van der Waals surface area (Å²) in [7, 11) is 1.53. The van der Waals surface area contributed by atoms with Gasteiger partial charge in [0.05, 0.1) is 0 Å². The minimum atomic E-state index is -0.815. The van der Waals surface area contributed by atoms with Crippen LogP contribution in [0.4, 0.5) is 0 Å². The van der Waals surface area contributed by atoms with Gasteiger partial charge in [0.15, 0.2) is 6.10 Å². The molecule has 1 aromatic rings. The summed E-state index contributed by atoms with van der Waals surface area (Å²) in [4.78, 5) is 25.5. The Morgan fingerprint density at radius 1 is 1.32 bits per heavy atom. The van der Waals surface area contributed by atoms with Crippen LogP contribution >= 0.6 is 0 Å². The van der Waals surface area contributed by atoms with Crippen LogP contribution in [0, 0.1) is 0 Å². The second-order valence-corrected chi connectivity index (χ2v) is 5.64. The Kier molecular flexibility index (Phi) is 5.95. The lowest BCUT2D eigenvalue weighted by atomic mass is 9.96. The highest BCUT2D eigenvalue weighted by atomic mass is 16.5. The first-order valence-electron chi connectivity index (χ1n) is 7.73. The standard InChI is InChI=1S/C17H23NO4/c1-22-16(13-7-3-2-4-8-13)17(21)18-12-6-5-9-14(18)10-11-15(19)20/h2-4,7-8,14,16H,5-6,9-12H2,1H3,(H,19,20)/t14-,16-/m0/s1. The van der Waals surface area contributed by atoms with E-state index in [9.17, 15) is 9.59 Å². The van der Waals surface area contributed by atoms with Crippen molar-refractivity contribution in [2.24, 2.45) is 0 Å². The number of carboxylic acids is 1. The minimum Gasteiger partial charge on any atom is -0.481 e. The van der Waals surface area contributed by atoms with Gasteiger partial charge in [-0.3, -0.25) is 9.59 Å². The van der Waals surface area contributed by atoms with Gasteiger partial charge in [-0.15, -0.1) is 0 Å². The number of hydrogen-bond acceptors (Lipinski definition) is 3. The van der Waals surface area contributed by atoms with Crippen LogP contribution in [0.3, 0.4) is 0 Å². The first-order chi connectivity index (χ1) is 10.6. The van der Waals surface area contributed by atoms with Crippen molar-refractivity contribution in [3.8, 4) is 0 Å². The number of rotatable bonds is 6. The minimum absolute atomic E-state index is 0.00119. The molecule has 0 saturated carbocycles. The molecule has 0 aliphatic carbocycles. The summed E-state index contributed by atoms with van der Waals surface area (Å²) in [5.41, 5.74) is 0.831. The van der Waals surface area contributed by atoms with Crippen molar-refractivity contribution in [2.45, 2.75) is 44.2 Å². The summed E-state index contributed by atoms with van der Waals surface area (Å²) in [6.07, 6.45) is 2.84. The normalized spacial score (nSPS) is 19.7. The van der Waals surface area contributed by atoms with Crippen molar-refractivity contribution < 1.29 is 19.4 Å². The zero-order chi connectivity index (χ0) is 15.9. The van der Waals surface area contributed by atoms with Gasteiger partial charge in [-0.05, 0) is 31.2 Å². The zero-order valence-corrected chi connectivity index (χ0v) is 12.9. The summed E-state index contributed by atoms with van der Waals surface area (Å²) < 4.78 is 5.42. The van der Waals surface area contributed by atoms with Gasteiger partial charge in [0, 0.05) is 26.1 Å². The van der Waals surface area contributed by atoms with Crippen LogP contribution < -0.4 is 0 Å². The van der Waals surface area contributed by atoms with Crippen molar-refractivity contribution in [1.29, 1.82) is 0 Å². The smallest absolute Gasteiger partial charge is 0.303 e. The molecule has 2 rings (SSSR count). The fraction of sp³-hybridized carbons (Fsp3) is 0.529. The molecular formula is C17H23NO4. The summed E-state index contributed by atoms with van der Waals surface area (Å²) in [5.74, 6) is -0.881. The molecule has 0 radical (unpaired) electrons. The van der Waals surface area contributed by atoms with Gasteiger partial charge in [-0.1, -0.05) is 30.3 Å². The first kappa shape index (κ1) is 16.5. The lowest BCUT2D eigenvalue weighted by molar-refractivity contribution is -0.147. The molecule has 0 aromatic heterocycles. The van der Waals surface area contributed by atoms with E-state index in [0.717, 1.165) is 24.8 Å². The van der Waals surface area contributed by atoms with Crippen LogP contribution in [0.5, 0.6) is 0 Å². The molecule has 1 N–H and O–H groups in total. The summed E-state index contributed by atoms with van der Waals surface area (Å²) >= 11 is 0. The Labute approximate surface area is 130 Å². The average molecular weight is 305 g/mol. The molecule has 1 aromatic carbocycles. The second kappa shape index (κ2) is 7.94. The highest BCUT2D eigenvalue weighted by molar-refractivity contribution is 5.82. The number of amides is 1. The van der Waals surface area contributed by atoms with Crippen molar-refractivity contribution in [2.75, 3.05) is 13.7 Å². The van der Waals surface area contributed by atoms with Crippen LogP contribution in [-0.4, -0.2) is 41.6 Å². The van der Waals surface area contributed by atoms with Crippen LogP contribution in [0.2, 0.25) is 0 Å². The number of ether oxygens (including phenoxy) is 1. The molecule has 5 heteroatoms. The monoisotopic (exact) mass is 305 g/mol. The topological polar surface area (TPSA) is 66.8 Å². The van der Waals surface area contributed by atoms with Crippen molar-refractivity contribution >= 4 is 11.9 Å². The van der Waals surface area contributed by atoms with E-state index in [1.807, 2.05) is 35.2 Å². The molecule has 120 valence electrons. The number of carbonyl (C=O) groups is 2. The molecule has 1 heterocycles. The molecule has 0 spiro atoms. The van der Waals surface area contributed by atoms with Gasteiger partial charge >= 0.3 is 5.97 Å². The third kappa shape index (κ3) is 4.07. The predicted molar refractivity (Wildman–Crippen MR) is 82.4 cm³/mol. The van der Waals surface area contributed by atoms with E-state index >= 15 is 0 Å². The van der Waals surface area contributed by atoms with E-state index in [2.05, 4.69) is 0 Å². The van der Waals surface area contributed by atoms with Crippen LogP contribution in [0.1, 0.15) is 43.8 Å². The number of likely N-dealkylation sites (tertiary alicyclic amines) is 1. The van der Waals surface area contributed by atoms with E-state index in [4.69, 9.17) is 9.84 Å². The van der Waals surface area contributed by atoms with Crippen molar-refractivity contribution in [1.82, 2.24) is 4.90 Å². The number of benzene rings is 1. The largest absolute Gasteiger partial charge is 0.481 e. The van der Waals surface area contributed by atoms with Gasteiger partial charge < -0.3 is 14.7 Å². The Bertz CT molecular complexity index is 503. The van der Waals surface area contributed by atoms with Gasteiger partial charge in [0.25, 0.3) is 5.91 Å². The van der Waals surface area contributed by atoms with Gasteiger partial charge in [0.2, 0.25) is 0 Å². The Morgan fingerprint density at radius 3 is 2.68 bits per heavy atom. The third-order valence-corrected chi connectivity index (χ3v) is 4.16. The Morgan fingerprint density at radius 2 is 2.05 bits per heavy atom. The average Bonchev–Trinajstić information content (AvgIpc) is 2.55. The maximum Gasteiger partial charge on any atom is 0.303 e. The van der Waals surface area contributed by atoms with E-state index in [0.29, 0.717) is 13.0 Å². The molecular weight excluding hydrogens is 282 g/mol. The lowest BCUT2D eigenvalue weighted by Crippen LogP contribution is -2.46. The molecule has 5 nitrogen and oxygen atoms in total. The molecule has 22 heavy (non-hydrogen) atoms. The fourth-order valence-electron chi connectivity index (χ4n) is 3.04. The summed E-state index contributed by atoms with van der Waals surface area (Å²) in [6.45, 7) is 0.676. The van der Waals surface area contributed by atoms with Crippen LogP contribution in [-0.2, 0) is 14.3 Å². The molecule has 0 bridgehead atoms. The number of carbonyl (C=O) groups excluding carboxylic acids is 1. The van der Waals surface area contributed by atoms with E-state index < -0.39 is 12.1 Å². The molecule has 1 fully saturated rings. The quantitative estimate of drug-likeness (QED) is 0.877. The van der Waals surface area contributed by atoms with Crippen molar-refractivity contribution in [3.63, 3.8) is 0 Å². The van der Waals surface area contributed by atoms with Gasteiger partial charge in [0.1, 0.15) is 0 Å². The molecule has 1 aliphatic rings. The number of nitrogens with zero attached hydrogens (tertiary/aromatic N) is 1. The molecule has 1 saturated heterocycles. The number of methoxy groups -OCH3 is 1. The Balaban J connectivity index is 2.11. The van der Waals surface area contributed by atoms with E-state index in [1.165, 1.54) is 7.11 Å². The lowest BCUT2D eigenvalue weighted by Gasteiger charge is -2.37. The first-order valence-corrected chi connectivity index (χ1v) is 7.73. The van der Waals surface area contributed by atoms with Crippen molar-refractivity contribution in [3.05, 3.63) is 35.9 Å². The maximum absolute atomic E-state index is 12.8. The zero-order valence-electron chi connectivity index (χ0n) is 12.9. The fourth-order valence-corrected chi connectivity index (χ4v) is 3.04.